The third-order valence-corrected chi connectivity index (χ3v) is 5.62. The predicted molar refractivity (Wildman–Crippen MR) is 91.5 cm³/mol. The summed E-state index contributed by atoms with van der Waals surface area (Å²) >= 11 is 0. The van der Waals surface area contributed by atoms with E-state index in [0.29, 0.717) is 0 Å². The summed E-state index contributed by atoms with van der Waals surface area (Å²) in [6.07, 6.45) is 8.80. The molecule has 0 spiro atoms. The summed E-state index contributed by atoms with van der Waals surface area (Å²) in [6, 6.07) is 5.66. The molecule has 2 aromatic heterocycles. The van der Waals surface area contributed by atoms with Crippen molar-refractivity contribution in [1.82, 2.24) is 14.3 Å². The van der Waals surface area contributed by atoms with Crippen LogP contribution in [0.1, 0.15) is 43.4 Å². The van der Waals surface area contributed by atoms with Crippen molar-refractivity contribution in [2.24, 2.45) is 11.8 Å². The first-order chi connectivity index (χ1) is 11.2. The van der Waals surface area contributed by atoms with Crippen LogP contribution in [0.4, 0.5) is 0 Å². The number of nitrogens with zero attached hydrogens (tertiary/aromatic N) is 3. The molecule has 4 rings (SSSR count). The van der Waals surface area contributed by atoms with Crippen LogP contribution in [0, 0.1) is 18.8 Å². The minimum Gasteiger partial charge on any atom is -0.297 e. The fraction of sp³-hybridized carbons (Fsp3) is 0.579. The Hall–Kier alpha value is -1.68. The molecule has 3 heterocycles. The highest BCUT2D eigenvalue weighted by atomic mass is 16.1. The lowest BCUT2D eigenvalue weighted by Gasteiger charge is -2.41. The Morgan fingerprint density at radius 2 is 2.00 bits per heavy atom. The zero-order valence-electron chi connectivity index (χ0n) is 13.9. The van der Waals surface area contributed by atoms with Gasteiger partial charge >= 0.3 is 0 Å². The number of piperidine rings is 1. The average Bonchev–Trinajstić information content (AvgIpc) is 2.55. The topological polar surface area (TPSA) is 37.6 Å². The number of pyridine rings is 1. The van der Waals surface area contributed by atoms with Crippen LogP contribution in [0.25, 0.3) is 5.65 Å². The van der Waals surface area contributed by atoms with Crippen molar-refractivity contribution in [1.29, 1.82) is 0 Å². The van der Waals surface area contributed by atoms with Crippen LogP contribution in [-0.4, -0.2) is 27.4 Å². The van der Waals surface area contributed by atoms with Gasteiger partial charge in [-0.1, -0.05) is 25.3 Å². The zero-order valence-corrected chi connectivity index (χ0v) is 13.9. The lowest BCUT2D eigenvalue weighted by molar-refractivity contribution is 0.0812. The molecule has 1 saturated heterocycles. The summed E-state index contributed by atoms with van der Waals surface area (Å²) < 4.78 is 1.65. The summed E-state index contributed by atoms with van der Waals surface area (Å²) in [4.78, 5) is 19.5. The van der Waals surface area contributed by atoms with E-state index in [0.717, 1.165) is 41.8 Å². The second kappa shape index (κ2) is 6.08. The lowest BCUT2D eigenvalue weighted by Crippen LogP contribution is -2.41. The number of rotatable bonds is 2. The van der Waals surface area contributed by atoms with Gasteiger partial charge in [0.1, 0.15) is 5.65 Å². The van der Waals surface area contributed by atoms with Crippen molar-refractivity contribution in [2.45, 2.75) is 45.6 Å². The molecule has 2 aliphatic rings. The molecule has 0 amide bonds. The molecule has 0 radical (unpaired) electrons. The summed E-state index contributed by atoms with van der Waals surface area (Å²) in [6.45, 7) is 5.13. The molecular weight excluding hydrogens is 286 g/mol. The Morgan fingerprint density at radius 3 is 2.87 bits per heavy atom. The fourth-order valence-corrected chi connectivity index (χ4v) is 4.39. The Bertz CT molecular complexity index is 767. The van der Waals surface area contributed by atoms with E-state index >= 15 is 0 Å². The number of likely N-dealkylation sites (tertiary alicyclic amines) is 1. The van der Waals surface area contributed by atoms with Crippen molar-refractivity contribution in [3.8, 4) is 0 Å². The molecule has 0 unspecified atom stereocenters. The van der Waals surface area contributed by atoms with Crippen LogP contribution in [-0.2, 0) is 6.54 Å². The number of hydrogen-bond acceptors (Lipinski definition) is 3. The largest absolute Gasteiger partial charge is 0.297 e. The van der Waals surface area contributed by atoms with E-state index in [1.807, 2.05) is 25.3 Å². The van der Waals surface area contributed by atoms with Crippen LogP contribution in [0.5, 0.6) is 0 Å². The maximum absolute atomic E-state index is 12.3. The monoisotopic (exact) mass is 311 g/mol. The Morgan fingerprint density at radius 1 is 1.17 bits per heavy atom. The molecule has 1 aliphatic heterocycles. The Balaban J connectivity index is 1.53. The SMILES string of the molecule is Cc1ccc2nc(CN3CC[C@H]4CCCC[C@@H]4C3)cc(=O)n2c1. The van der Waals surface area contributed by atoms with Crippen molar-refractivity contribution < 1.29 is 0 Å². The summed E-state index contributed by atoms with van der Waals surface area (Å²) in [5.74, 6) is 1.81. The first-order valence-corrected chi connectivity index (χ1v) is 8.90. The zero-order chi connectivity index (χ0) is 15.8. The van der Waals surface area contributed by atoms with Gasteiger partial charge in [0, 0.05) is 25.4 Å². The van der Waals surface area contributed by atoms with E-state index in [1.54, 1.807) is 10.5 Å². The summed E-state index contributed by atoms with van der Waals surface area (Å²) in [5.41, 5.74) is 2.77. The van der Waals surface area contributed by atoms with Crippen molar-refractivity contribution >= 4 is 5.65 Å². The van der Waals surface area contributed by atoms with E-state index < -0.39 is 0 Å². The van der Waals surface area contributed by atoms with Crippen LogP contribution in [0.3, 0.4) is 0 Å². The number of aryl methyl sites for hydroxylation is 1. The maximum atomic E-state index is 12.3. The average molecular weight is 311 g/mol. The lowest BCUT2D eigenvalue weighted by atomic mass is 9.75. The van der Waals surface area contributed by atoms with Gasteiger partial charge in [-0.05, 0) is 49.8 Å². The van der Waals surface area contributed by atoms with Crippen LogP contribution in [0.2, 0.25) is 0 Å². The molecule has 23 heavy (non-hydrogen) atoms. The maximum Gasteiger partial charge on any atom is 0.258 e. The summed E-state index contributed by atoms with van der Waals surface area (Å²) in [7, 11) is 0. The van der Waals surface area contributed by atoms with E-state index in [2.05, 4.69) is 4.90 Å². The molecule has 122 valence electrons. The van der Waals surface area contributed by atoms with E-state index in [4.69, 9.17) is 4.98 Å². The van der Waals surface area contributed by atoms with Gasteiger partial charge in [-0.25, -0.2) is 4.98 Å². The second-order valence-corrected chi connectivity index (χ2v) is 7.35. The van der Waals surface area contributed by atoms with Gasteiger partial charge in [-0.3, -0.25) is 14.1 Å². The van der Waals surface area contributed by atoms with Gasteiger partial charge in [0.05, 0.1) is 5.69 Å². The van der Waals surface area contributed by atoms with Gasteiger partial charge in [-0.15, -0.1) is 0 Å². The van der Waals surface area contributed by atoms with Crippen LogP contribution < -0.4 is 5.56 Å². The second-order valence-electron chi connectivity index (χ2n) is 7.35. The normalized spacial score (nSPS) is 25.4. The van der Waals surface area contributed by atoms with Crippen molar-refractivity contribution in [3.05, 3.63) is 46.0 Å². The molecule has 0 N–H and O–H groups in total. The predicted octanol–water partition coefficient (Wildman–Crippen LogP) is 3.02. The molecule has 4 nitrogen and oxygen atoms in total. The van der Waals surface area contributed by atoms with Gasteiger partial charge in [0.2, 0.25) is 0 Å². The fourth-order valence-electron chi connectivity index (χ4n) is 4.39. The van der Waals surface area contributed by atoms with Crippen LogP contribution >= 0.6 is 0 Å². The van der Waals surface area contributed by atoms with E-state index in [-0.39, 0.29) is 5.56 Å². The molecule has 0 bridgehead atoms. The number of fused-ring (bicyclic) bond motifs is 2. The highest BCUT2D eigenvalue weighted by Crippen LogP contribution is 2.36. The third-order valence-electron chi connectivity index (χ3n) is 5.62. The first-order valence-electron chi connectivity index (χ1n) is 8.90. The number of hydrogen-bond donors (Lipinski definition) is 0. The molecule has 2 atom stereocenters. The molecule has 1 aliphatic carbocycles. The Labute approximate surface area is 137 Å². The minimum atomic E-state index is 0.0289. The van der Waals surface area contributed by atoms with Crippen LogP contribution in [0.15, 0.2) is 29.2 Å². The highest BCUT2D eigenvalue weighted by Gasteiger charge is 2.31. The van der Waals surface area contributed by atoms with Gasteiger partial charge in [0.25, 0.3) is 5.56 Å². The molecule has 1 saturated carbocycles. The first kappa shape index (κ1) is 14.9. The van der Waals surface area contributed by atoms with Crippen molar-refractivity contribution in [2.75, 3.05) is 13.1 Å². The molecule has 4 heteroatoms. The van der Waals surface area contributed by atoms with Gasteiger partial charge < -0.3 is 0 Å². The Kier molecular flexibility index (Phi) is 3.93. The molecule has 2 fully saturated rings. The smallest absolute Gasteiger partial charge is 0.258 e. The van der Waals surface area contributed by atoms with E-state index in [9.17, 15) is 4.79 Å². The van der Waals surface area contributed by atoms with Gasteiger partial charge in [-0.2, -0.15) is 0 Å². The highest BCUT2D eigenvalue weighted by molar-refractivity contribution is 5.39. The van der Waals surface area contributed by atoms with Crippen molar-refractivity contribution in [3.63, 3.8) is 0 Å². The molecule has 2 aromatic rings. The van der Waals surface area contributed by atoms with Gasteiger partial charge in [0.15, 0.2) is 0 Å². The molecular formula is C19H25N3O. The number of aromatic nitrogens is 2. The quantitative estimate of drug-likeness (QED) is 0.855. The summed E-state index contributed by atoms with van der Waals surface area (Å²) in [5, 5.41) is 0. The standard InChI is InChI=1S/C19H25N3O/c1-14-6-7-18-20-17(10-19(23)22(18)11-14)13-21-9-8-15-4-2-3-5-16(15)12-21/h6-7,10-11,15-16H,2-5,8-9,12-13H2,1H3/t15-,16-/m1/s1. The third kappa shape index (κ3) is 3.05. The minimum absolute atomic E-state index is 0.0289. The molecule has 0 aromatic carbocycles. The van der Waals surface area contributed by atoms with E-state index in [1.165, 1.54) is 38.6 Å².